The topological polar surface area (TPSA) is 89.8 Å². The highest BCUT2D eigenvalue weighted by molar-refractivity contribution is 5.76. The highest BCUT2D eigenvalue weighted by Gasteiger charge is 2.20. The second-order valence-electron chi connectivity index (χ2n) is 16.0. The van der Waals surface area contributed by atoms with Crippen molar-refractivity contribution in [3.05, 3.63) is 36.5 Å². The van der Waals surface area contributed by atoms with E-state index in [1.807, 2.05) is 6.08 Å². The maximum atomic E-state index is 12.4. The molecule has 53 heavy (non-hydrogen) atoms. The van der Waals surface area contributed by atoms with Crippen molar-refractivity contribution >= 4 is 5.91 Å². The van der Waals surface area contributed by atoms with Gasteiger partial charge in [0.1, 0.15) is 0 Å². The summed E-state index contributed by atoms with van der Waals surface area (Å²) >= 11 is 0. The van der Waals surface area contributed by atoms with Gasteiger partial charge in [0.25, 0.3) is 0 Å². The fourth-order valence-electron chi connectivity index (χ4n) is 7.08. The predicted molar refractivity (Wildman–Crippen MR) is 231 cm³/mol. The van der Waals surface area contributed by atoms with E-state index < -0.39 is 18.2 Å². The summed E-state index contributed by atoms with van der Waals surface area (Å²) in [6, 6.07) is -0.765. The van der Waals surface area contributed by atoms with Crippen molar-refractivity contribution in [3.8, 4) is 0 Å². The first-order chi connectivity index (χ1) is 26.0. The number of amides is 1. The van der Waals surface area contributed by atoms with Gasteiger partial charge in [-0.25, -0.2) is 0 Å². The smallest absolute Gasteiger partial charge is 0.222 e. The van der Waals surface area contributed by atoms with E-state index in [1.54, 1.807) is 6.08 Å². The average molecular weight is 746 g/mol. The summed E-state index contributed by atoms with van der Waals surface area (Å²) in [4.78, 5) is 12.4. The van der Waals surface area contributed by atoms with E-state index in [1.165, 1.54) is 173 Å². The monoisotopic (exact) mass is 746 g/mol. The van der Waals surface area contributed by atoms with E-state index in [0.29, 0.717) is 6.42 Å². The van der Waals surface area contributed by atoms with Gasteiger partial charge in [0.2, 0.25) is 5.91 Å². The highest BCUT2D eigenvalue weighted by Crippen LogP contribution is 2.16. The first kappa shape index (κ1) is 51.6. The highest BCUT2D eigenvalue weighted by atomic mass is 16.3. The first-order valence-corrected chi connectivity index (χ1v) is 23.3. The molecule has 0 aliphatic carbocycles. The van der Waals surface area contributed by atoms with Crippen molar-refractivity contribution in [3.63, 3.8) is 0 Å². The van der Waals surface area contributed by atoms with E-state index >= 15 is 0 Å². The SMILES string of the molecule is CCCCCCCC/C=C/CC/C=C/CC/C=C/C(O)C(CO)NC(=O)CC(O)CCCCCCCCCCCCCCCCCCCCCCCC. The Morgan fingerprint density at radius 3 is 1.21 bits per heavy atom. The normalized spacial score (nSPS) is 13.8. The lowest BCUT2D eigenvalue weighted by atomic mass is 10.0. The molecule has 0 bridgehead atoms. The molecule has 0 fully saturated rings. The molecular weight excluding hydrogens is 655 g/mol. The van der Waals surface area contributed by atoms with Gasteiger partial charge in [0, 0.05) is 0 Å². The van der Waals surface area contributed by atoms with Gasteiger partial charge >= 0.3 is 0 Å². The summed E-state index contributed by atoms with van der Waals surface area (Å²) in [5.74, 6) is -0.327. The second-order valence-corrected chi connectivity index (χ2v) is 16.0. The van der Waals surface area contributed by atoms with Gasteiger partial charge in [-0.15, -0.1) is 0 Å². The van der Waals surface area contributed by atoms with Crippen LogP contribution in [0, 0.1) is 0 Å². The van der Waals surface area contributed by atoms with Gasteiger partial charge in [-0.05, 0) is 44.9 Å². The van der Waals surface area contributed by atoms with Gasteiger partial charge in [-0.1, -0.05) is 224 Å². The van der Waals surface area contributed by atoms with E-state index in [-0.39, 0.29) is 18.9 Å². The van der Waals surface area contributed by atoms with Crippen LogP contribution in [0.25, 0.3) is 0 Å². The standard InChI is InChI=1S/C48H91NO4/c1-3-5-7-9-11-13-15-17-19-21-22-23-24-25-26-27-29-31-33-35-37-39-41-45(51)43-48(53)49-46(44-50)47(52)42-40-38-36-34-32-30-28-20-18-16-14-12-10-8-6-4-2/h18,20,32,34,40,42,45-47,50-52H,3-17,19,21-31,33,35-39,41,43-44H2,1-2H3,(H,49,53)/b20-18+,34-32+,42-40+. The molecule has 0 rings (SSSR count). The zero-order valence-electron chi connectivity index (χ0n) is 35.4. The number of hydrogen-bond acceptors (Lipinski definition) is 4. The zero-order chi connectivity index (χ0) is 38.7. The van der Waals surface area contributed by atoms with Crippen molar-refractivity contribution in [2.24, 2.45) is 0 Å². The molecule has 4 N–H and O–H groups in total. The number of aliphatic hydroxyl groups excluding tert-OH is 3. The number of carbonyl (C=O) groups excluding carboxylic acids is 1. The average Bonchev–Trinajstić information content (AvgIpc) is 3.15. The fourth-order valence-corrected chi connectivity index (χ4v) is 7.08. The van der Waals surface area contributed by atoms with Crippen LogP contribution >= 0.6 is 0 Å². The van der Waals surface area contributed by atoms with Crippen LogP contribution in [0.15, 0.2) is 36.5 Å². The molecule has 0 heterocycles. The molecule has 0 radical (unpaired) electrons. The molecule has 0 aromatic carbocycles. The van der Waals surface area contributed by atoms with Crippen LogP contribution in [-0.2, 0) is 4.79 Å². The van der Waals surface area contributed by atoms with E-state index in [4.69, 9.17) is 0 Å². The molecule has 5 heteroatoms. The summed E-state index contributed by atoms with van der Waals surface area (Å²) in [5, 5.41) is 33.2. The number of allylic oxidation sites excluding steroid dienone is 5. The minimum Gasteiger partial charge on any atom is -0.394 e. The van der Waals surface area contributed by atoms with E-state index in [9.17, 15) is 20.1 Å². The largest absolute Gasteiger partial charge is 0.394 e. The number of carbonyl (C=O) groups is 1. The number of hydrogen-bond donors (Lipinski definition) is 4. The lowest BCUT2D eigenvalue weighted by molar-refractivity contribution is -0.124. The van der Waals surface area contributed by atoms with Crippen LogP contribution in [0.4, 0.5) is 0 Å². The second kappa shape index (κ2) is 43.3. The number of rotatable bonds is 42. The Bertz CT molecular complexity index is 824. The van der Waals surface area contributed by atoms with Gasteiger partial charge < -0.3 is 20.6 Å². The molecule has 0 aromatic rings. The molecule has 3 atom stereocenters. The van der Waals surface area contributed by atoms with Gasteiger partial charge in [-0.3, -0.25) is 4.79 Å². The van der Waals surface area contributed by atoms with Gasteiger partial charge in [-0.2, -0.15) is 0 Å². The molecular formula is C48H91NO4. The van der Waals surface area contributed by atoms with Crippen molar-refractivity contribution in [2.45, 2.75) is 257 Å². The Kier molecular flexibility index (Phi) is 42.1. The molecule has 0 aliphatic rings. The molecule has 3 unspecified atom stereocenters. The van der Waals surface area contributed by atoms with Crippen LogP contribution in [0.5, 0.6) is 0 Å². The minimum atomic E-state index is -0.957. The van der Waals surface area contributed by atoms with Crippen molar-refractivity contribution < 1.29 is 20.1 Å². The third-order valence-electron chi connectivity index (χ3n) is 10.7. The maximum Gasteiger partial charge on any atom is 0.222 e. The number of aliphatic hydroxyl groups is 3. The Morgan fingerprint density at radius 2 is 0.811 bits per heavy atom. The summed E-state index contributed by atoms with van der Waals surface area (Å²) in [6.07, 6.45) is 54.4. The van der Waals surface area contributed by atoms with Crippen molar-refractivity contribution in [1.29, 1.82) is 0 Å². The summed E-state index contributed by atoms with van der Waals surface area (Å²) in [6.45, 7) is 4.20. The molecule has 312 valence electrons. The molecule has 0 saturated carbocycles. The van der Waals surface area contributed by atoms with Gasteiger partial charge in [0.05, 0.1) is 31.3 Å². The Hall–Kier alpha value is -1.43. The lowest BCUT2D eigenvalue weighted by Gasteiger charge is -2.21. The third kappa shape index (κ3) is 40.1. The van der Waals surface area contributed by atoms with Crippen LogP contribution in [0.1, 0.15) is 239 Å². The summed E-state index contributed by atoms with van der Waals surface area (Å²) in [5.41, 5.74) is 0. The predicted octanol–water partition coefficient (Wildman–Crippen LogP) is 13.5. The number of nitrogens with one attached hydrogen (secondary N) is 1. The Labute approximate surface area is 330 Å². The maximum absolute atomic E-state index is 12.4. The minimum absolute atomic E-state index is 0.00518. The molecule has 0 saturated heterocycles. The van der Waals surface area contributed by atoms with Crippen molar-refractivity contribution in [1.82, 2.24) is 5.32 Å². The Morgan fingerprint density at radius 1 is 0.472 bits per heavy atom. The third-order valence-corrected chi connectivity index (χ3v) is 10.7. The van der Waals surface area contributed by atoms with Crippen LogP contribution < -0.4 is 5.32 Å². The van der Waals surface area contributed by atoms with Gasteiger partial charge in [0.15, 0.2) is 0 Å². The summed E-state index contributed by atoms with van der Waals surface area (Å²) in [7, 11) is 0. The zero-order valence-corrected chi connectivity index (χ0v) is 35.4. The Balaban J connectivity index is 3.66. The molecule has 0 spiro atoms. The quantitative estimate of drug-likeness (QED) is 0.0370. The van der Waals surface area contributed by atoms with E-state index in [2.05, 4.69) is 43.5 Å². The molecule has 1 amide bonds. The molecule has 0 aromatic heterocycles. The molecule has 0 aliphatic heterocycles. The first-order valence-electron chi connectivity index (χ1n) is 23.3. The van der Waals surface area contributed by atoms with Crippen LogP contribution in [-0.4, -0.2) is 46.1 Å². The molecule has 5 nitrogen and oxygen atoms in total. The van der Waals surface area contributed by atoms with E-state index in [0.717, 1.165) is 38.5 Å². The fraction of sp³-hybridized carbons (Fsp3) is 0.854. The van der Waals surface area contributed by atoms with Crippen molar-refractivity contribution in [2.75, 3.05) is 6.61 Å². The van der Waals surface area contributed by atoms with Crippen LogP contribution in [0.3, 0.4) is 0 Å². The summed E-state index contributed by atoms with van der Waals surface area (Å²) < 4.78 is 0. The lowest BCUT2D eigenvalue weighted by Crippen LogP contribution is -2.45. The van der Waals surface area contributed by atoms with Crippen LogP contribution in [0.2, 0.25) is 0 Å². The number of unbranched alkanes of at least 4 members (excludes halogenated alkanes) is 29.